The molecule has 9 heteroatoms. The molecule has 164 valence electrons. The van der Waals surface area contributed by atoms with Gasteiger partial charge in [0.2, 0.25) is 5.91 Å². The van der Waals surface area contributed by atoms with Gasteiger partial charge in [-0.15, -0.1) is 0 Å². The van der Waals surface area contributed by atoms with Crippen LogP contribution in [0.3, 0.4) is 0 Å². The van der Waals surface area contributed by atoms with Gasteiger partial charge in [0.15, 0.2) is 0 Å². The zero-order valence-electron chi connectivity index (χ0n) is 18.0. The lowest BCUT2D eigenvalue weighted by Crippen LogP contribution is -2.54. The summed E-state index contributed by atoms with van der Waals surface area (Å²) in [5.74, 6) is 0.392. The van der Waals surface area contributed by atoms with Gasteiger partial charge < -0.3 is 19.8 Å². The van der Waals surface area contributed by atoms with Crippen LogP contribution in [0.2, 0.25) is 0 Å². The summed E-state index contributed by atoms with van der Waals surface area (Å²) in [5, 5.41) is 21.4. The minimum atomic E-state index is -0.686. The van der Waals surface area contributed by atoms with Crippen molar-refractivity contribution in [1.29, 1.82) is 0 Å². The van der Waals surface area contributed by atoms with E-state index < -0.39 is 6.10 Å². The molecular weight excluding hydrogens is 398 g/mol. The number of carbonyl (C=O) groups is 2. The molecule has 0 radical (unpaired) electrons. The van der Waals surface area contributed by atoms with Crippen molar-refractivity contribution >= 4 is 17.3 Å². The Morgan fingerprint density at radius 2 is 2.06 bits per heavy atom. The number of piperidine rings is 1. The summed E-state index contributed by atoms with van der Waals surface area (Å²) in [6.45, 7) is 6.28. The first-order chi connectivity index (χ1) is 14.8. The van der Waals surface area contributed by atoms with Crippen LogP contribution in [0.4, 0.5) is 0 Å². The van der Waals surface area contributed by atoms with Gasteiger partial charge in [0, 0.05) is 37.3 Å². The number of aliphatic hydroxyl groups is 1. The Kier molecular flexibility index (Phi) is 5.77. The second-order valence-electron chi connectivity index (χ2n) is 8.26. The second kappa shape index (κ2) is 8.50. The topological polar surface area (TPSA) is 113 Å². The number of pyridine rings is 1. The molecule has 1 fully saturated rings. The van der Waals surface area contributed by atoms with Gasteiger partial charge in [-0.3, -0.25) is 9.59 Å². The summed E-state index contributed by atoms with van der Waals surface area (Å²) < 4.78 is 6.83. The fraction of sp³-hybridized carbons (Fsp3) is 0.455. The van der Waals surface area contributed by atoms with E-state index in [0.717, 1.165) is 22.6 Å². The lowest BCUT2D eigenvalue weighted by molar-refractivity contribution is -0.134. The summed E-state index contributed by atoms with van der Waals surface area (Å²) in [6, 6.07) is 3.45. The molecule has 0 spiro atoms. The van der Waals surface area contributed by atoms with Crippen LogP contribution in [-0.4, -0.2) is 61.8 Å². The molecule has 4 heterocycles. The highest BCUT2D eigenvalue weighted by atomic mass is 16.5. The molecule has 1 aliphatic heterocycles. The van der Waals surface area contributed by atoms with E-state index in [0.29, 0.717) is 36.9 Å². The van der Waals surface area contributed by atoms with Crippen LogP contribution in [-0.2, 0) is 11.2 Å². The standard InChI is InChI=1S/C22H27N5O4/c1-13-4-6-20-19(9-23-27(20)10-13)22(30)24-16-8-17(28)12-26(11-16)21(29)7-5-18-14(2)25-31-15(18)3/h4,6,9-10,16-17,28H,5,7-8,11-12H2,1-3H3,(H,24,30)/t16-,17+/m0/s1. The molecule has 31 heavy (non-hydrogen) atoms. The van der Waals surface area contributed by atoms with E-state index in [1.807, 2.05) is 39.1 Å². The molecule has 0 aliphatic carbocycles. The molecule has 4 rings (SSSR count). The largest absolute Gasteiger partial charge is 0.391 e. The lowest BCUT2D eigenvalue weighted by atomic mass is 10.0. The van der Waals surface area contributed by atoms with Gasteiger partial charge >= 0.3 is 0 Å². The van der Waals surface area contributed by atoms with E-state index in [2.05, 4.69) is 15.6 Å². The monoisotopic (exact) mass is 425 g/mol. The highest BCUT2D eigenvalue weighted by Gasteiger charge is 2.30. The predicted octanol–water partition coefficient (Wildman–Crippen LogP) is 1.57. The molecule has 1 aliphatic rings. The van der Waals surface area contributed by atoms with Crippen LogP contribution in [0.15, 0.2) is 29.0 Å². The minimum Gasteiger partial charge on any atom is -0.391 e. The van der Waals surface area contributed by atoms with Gasteiger partial charge in [-0.1, -0.05) is 11.2 Å². The van der Waals surface area contributed by atoms with E-state index in [-0.39, 0.29) is 24.4 Å². The molecule has 0 unspecified atom stereocenters. The normalized spacial score (nSPS) is 19.0. The summed E-state index contributed by atoms with van der Waals surface area (Å²) in [6.07, 6.45) is 3.94. The maximum Gasteiger partial charge on any atom is 0.255 e. The summed E-state index contributed by atoms with van der Waals surface area (Å²) in [5.41, 5.74) is 3.96. The Morgan fingerprint density at radius 3 is 2.81 bits per heavy atom. The highest BCUT2D eigenvalue weighted by molar-refractivity contribution is 6.00. The molecule has 2 atom stereocenters. The lowest BCUT2D eigenvalue weighted by Gasteiger charge is -2.36. The molecule has 0 saturated carbocycles. The van der Waals surface area contributed by atoms with Gasteiger partial charge in [0.25, 0.3) is 5.91 Å². The third-order valence-electron chi connectivity index (χ3n) is 5.80. The number of nitrogens with one attached hydrogen (secondary N) is 1. The molecular formula is C22H27N5O4. The Morgan fingerprint density at radius 1 is 1.26 bits per heavy atom. The number of fused-ring (bicyclic) bond motifs is 1. The predicted molar refractivity (Wildman–Crippen MR) is 113 cm³/mol. The molecule has 2 amide bonds. The number of carbonyl (C=O) groups excluding carboxylic acids is 2. The quantitative estimate of drug-likeness (QED) is 0.642. The van der Waals surface area contributed by atoms with Crippen molar-refractivity contribution in [3.8, 4) is 0 Å². The number of β-amino-alcohol motifs (C(OH)–C–C–N with tert-alkyl or cyclic N) is 1. The van der Waals surface area contributed by atoms with E-state index >= 15 is 0 Å². The number of amides is 2. The fourth-order valence-electron chi connectivity index (χ4n) is 4.15. The maximum absolute atomic E-state index is 12.8. The Balaban J connectivity index is 1.40. The van der Waals surface area contributed by atoms with Gasteiger partial charge in [-0.05, 0) is 45.2 Å². The summed E-state index contributed by atoms with van der Waals surface area (Å²) >= 11 is 0. The third-order valence-corrected chi connectivity index (χ3v) is 5.80. The van der Waals surface area contributed by atoms with Gasteiger partial charge in [0.1, 0.15) is 5.76 Å². The van der Waals surface area contributed by atoms with Crippen molar-refractivity contribution in [1.82, 2.24) is 25.0 Å². The summed E-state index contributed by atoms with van der Waals surface area (Å²) in [4.78, 5) is 27.2. The van der Waals surface area contributed by atoms with Crippen molar-refractivity contribution in [2.75, 3.05) is 13.1 Å². The van der Waals surface area contributed by atoms with Crippen molar-refractivity contribution in [2.45, 2.75) is 52.2 Å². The number of hydrogen-bond donors (Lipinski definition) is 2. The van der Waals surface area contributed by atoms with Crippen LogP contribution >= 0.6 is 0 Å². The van der Waals surface area contributed by atoms with E-state index in [4.69, 9.17) is 4.52 Å². The molecule has 0 aromatic carbocycles. The molecule has 3 aromatic heterocycles. The van der Waals surface area contributed by atoms with Gasteiger partial charge in [-0.2, -0.15) is 5.10 Å². The van der Waals surface area contributed by atoms with Gasteiger partial charge in [-0.25, -0.2) is 4.52 Å². The van der Waals surface area contributed by atoms with E-state index in [1.165, 1.54) is 6.20 Å². The van der Waals surface area contributed by atoms with Crippen molar-refractivity contribution < 1.29 is 19.2 Å². The number of aryl methyl sites for hydroxylation is 3. The zero-order valence-corrected chi connectivity index (χ0v) is 18.0. The van der Waals surface area contributed by atoms with Crippen LogP contribution < -0.4 is 5.32 Å². The molecule has 3 aromatic rings. The van der Waals surface area contributed by atoms with E-state index in [9.17, 15) is 14.7 Å². The van der Waals surface area contributed by atoms with Crippen LogP contribution in [0.1, 0.15) is 45.8 Å². The van der Waals surface area contributed by atoms with Crippen LogP contribution in [0.25, 0.3) is 5.52 Å². The number of aromatic nitrogens is 3. The first-order valence-corrected chi connectivity index (χ1v) is 10.4. The third kappa shape index (κ3) is 4.46. The number of likely N-dealkylation sites (tertiary alicyclic amines) is 1. The maximum atomic E-state index is 12.8. The highest BCUT2D eigenvalue weighted by Crippen LogP contribution is 2.18. The fourth-order valence-corrected chi connectivity index (χ4v) is 4.15. The molecule has 0 bridgehead atoms. The number of nitrogens with zero attached hydrogens (tertiary/aromatic N) is 4. The van der Waals surface area contributed by atoms with E-state index in [1.54, 1.807) is 9.42 Å². The Hall–Kier alpha value is -3.20. The number of rotatable bonds is 5. The number of aliphatic hydroxyl groups excluding tert-OH is 1. The Bertz CT molecular complexity index is 1100. The first-order valence-electron chi connectivity index (χ1n) is 10.4. The van der Waals surface area contributed by atoms with Crippen molar-refractivity contribution in [3.63, 3.8) is 0 Å². The molecule has 1 saturated heterocycles. The SMILES string of the molecule is Cc1ccc2c(C(=O)N[C@H]3C[C@@H](O)CN(C(=O)CCc4c(C)noc4C)C3)cnn2c1. The zero-order chi connectivity index (χ0) is 22.1. The van der Waals surface area contributed by atoms with Crippen LogP contribution in [0, 0.1) is 20.8 Å². The second-order valence-corrected chi connectivity index (χ2v) is 8.26. The Labute approximate surface area is 180 Å². The van der Waals surface area contributed by atoms with Crippen molar-refractivity contribution in [3.05, 3.63) is 52.7 Å². The summed E-state index contributed by atoms with van der Waals surface area (Å²) in [7, 11) is 0. The van der Waals surface area contributed by atoms with Gasteiger partial charge in [0.05, 0.1) is 29.1 Å². The van der Waals surface area contributed by atoms with Crippen molar-refractivity contribution in [2.24, 2.45) is 0 Å². The minimum absolute atomic E-state index is 0.0653. The smallest absolute Gasteiger partial charge is 0.255 e. The molecule has 2 N–H and O–H groups in total. The molecule has 9 nitrogen and oxygen atoms in total. The van der Waals surface area contributed by atoms with Crippen LogP contribution in [0.5, 0.6) is 0 Å². The number of hydrogen-bond acceptors (Lipinski definition) is 6. The average Bonchev–Trinajstić information content (AvgIpc) is 3.28. The average molecular weight is 425 g/mol. The first kappa shape index (κ1) is 21.0.